The van der Waals surface area contributed by atoms with Crippen molar-refractivity contribution in [2.75, 3.05) is 10.6 Å². The summed E-state index contributed by atoms with van der Waals surface area (Å²) in [6, 6.07) is 18.1. The molecule has 12 nitrogen and oxygen atoms in total. The third-order valence-electron chi connectivity index (χ3n) is 5.50. The van der Waals surface area contributed by atoms with E-state index in [1.54, 1.807) is 23.7 Å². The van der Waals surface area contributed by atoms with Gasteiger partial charge in [-0.3, -0.25) is 29.8 Å². The van der Waals surface area contributed by atoms with Crippen molar-refractivity contribution in [3.63, 3.8) is 0 Å². The van der Waals surface area contributed by atoms with Crippen LogP contribution in [0.15, 0.2) is 72.8 Å². The lowest BCUT2D eigenvalue weighted by atomic mass is 10.1. The number of hydrogen-bond acceptors (Lipinski definition) is 7. The Balaban J connectivity index is 1.55. The highest BCUT2D eigenvalue weighted by Gasteiger charge is 2.21. The van der Waals surface area contributed by atoms with Gasteiger partial charge in [-0.25, -0.2) is 4.68 Å². The Morgan fingerprint density at radius 2 is 1.41 bits per heavy atom. The van der Waals surface area contributed by atoms with Crippen LogP contribution in [-0.2, 0) is 0 Å². The molecule has 0 unspecified atom stereocenters. The first-order valence-corrected chi connectivity index (χ1v) is 10.9. The Morgan fingerprint density at radius 3 is 2.03 bits per heavy atom. The van der Waals surface area contributed by atoms with Crippen LogP contribution in [0.5, 0.6) is 0 Å². The number of nitrogens with zero attached hydrogens (tertiary/aromatic N) is 4. The number of carbonyl (C=O) groups is 2. The van der Waals surface area contributed by atoms with E-state index in [1.807, 2.05) is 37.3 Å². The third-order valence-corrected chi connectivity index (χ3v) is 5.50. The zero-order chi connectivity index (χ0) is 26.7. The summed E-state index contributed by atoms with van der Waals surface area (Å²) in [7, 11) is 0. The van der Waals surface area contributed by atoms with E-state index in [2.05, 4.69) is 15.7 Å². The van der Waals surface area contributed by atoms with Gasteiger partial charge in [0.1, 0.15) is 0 Å². The van der Waals surface area contributed by atoms with Gasteiger partial charge >= 0.3 is 0 Å². The molecule has 37 heavy (non-hydrogen) atoms. The van der Waals surface area contributed by atoms with Crippen molar-refractivity contribution < 1.29 is 19.4 Å². The zero-order valence-corrected chi connectivity index (χ0v) is 19.7. The van der Waals surface area contributed by atoms with Crippen LogP contribution >= 0.6 is 0 Å². The highest BCUT2D eigenvalue weighted by atomic mass is 16.6. The molecule has 1 aromatic heterocycles. The first-order chi connectivity index (χ1) is 17.6. The van der Waals surface area contributed by atoms with Crippen LogP contribution in [0.4, 0.5) is 22.7 Å². The van der Waals surface area contributed by atoms with E-state index in [1.165, 1.54) is 12.1 Å². The molecule has 0 aliphatic rings. The molecule has 0 radical (unpaired) electrons. The number of non-ortho nitro benzene ring substituents is 2. The van der Waals surface area contributed by atoms with Crippen molar-refractivity contribution in [1.82, 2.24) is 9.78 Å². The number of nitro groups is 2. The number of benzene rings is 3. The quantitative estimate of drug-likeness (QED) is 0.272. The average Bonchev–Trinajstić information content (AvgIpc) is 3.17. The third kappa shape index (κ3) is 5.32. The van der Waals surface area contributed by atoms with E-state index in [0.29, 0.717) is 11.4 Å². The molecule has 2 amide bonds. The number of amides is 2. The van der Waals surface area contributed by atoms with Gasteiger partial charge in [-0.1, -0.05) is 24.3 Å². The van der Waals surface area contributed by atoms with Crippen molar-refractivity contribution in [3.05, 3.63) is 116 Å². The second-order valence-corrected chi connectivity index (χ2v) is 8.03. The molecule has 0 aliphatic heterocycles. The van der Waals surface area contributed by atoms with Gasteiger partial charge in [0.25, 0.3) is 23.2 Å². The molecular weight excluding hydrogens is 480 g/mol. The summed E-state index contributed by atoms with van der Waals surface area (Å²) in [4.78, 5) is 46.3. The molecule has 0 saturated heterocycles. The summed E-state index contributed by atoms with van der Waals surface area (Å²) in [6.07, 6.45) is 0. The lowest BCUT2D eigenvalue weighted by Gasteiger charge is -2.09. The standard InChI is InChI=1S/C25H20N6O6/c1-15-23(16(2)29(28-15)20-9-4-3-5-10-20)27-24(32)17-7-6-8-19(11-17)26-25(33)18-12-21(30(34)35)14-22(13-18)31(36)37/h3-14H,1-2H3,(H,26,33)(H,27,32). The summed E-state index contributed by atoms with van der Waals surface area (Å²) in [5, 5.41) is 32.1. The average molecular weight is 500 g/mol. The van der Waals surface area contributed by atoms with Gasteiger partial charge < -0.3 is 10.6 Å². The maximum atomic E-state index is 13.0. The number of nitro benzene ring substituents is 2. The Bertz CT molecular complexity index is 1510. The summed E-state index contributed by atoms with van der Waals surface area (Å²) < 4.78 is 1.72. The molecule has 0 fully saturated rings. The number of aromatic nitrogens is 2. The van der Waals surface area contributed by atoms with Gasteiger partial charge in [0.2, 0.25) is 0 Å². The number of aryl methyl sites for hydroxylation is 1. The van der Waals surface area contributed by atoms with E-state index in [4.69, 9.17) is 0 Å². The van der Waals surface area contributed by atoms with Crippen LogP contribution in [0.3, 0.4) is 0 Å². The lowest BCUT2D eigenvalue weighted by Crippen LogP contribution is -2.15. The number of nitrogens with one attached hydrogen (secondary N) is 2. The molecule has 3 aromatic carbocycles. The molecule has 4 rings (SSSR count). The zero-order valence-electron chi connectivity index (χ0n) is 19.7. The molecule has 0 saturated carbocycles. The molecular formula is C25H20N6O6. The van der Waals surface area contributed by atoms with Crippen LogP contribution in [0, 0.1) is 34.1 Å². The first-order valence-electron chi connectivity index (χ1n) is 10.9. The van der Waals surface area contributed by atoms with Gasteiger partial charge in [-0.05, 0) is 44.2 Å². The molecule has 4 aromatic rings. The number of anilines is 2. The SMILES string of the molecule is Cc1nn(-c2ccccc2)c(C)c1NC(=O)c1cccc(NC(=O)c2cc([N+](=O)[O-])cc([N+](=O)[O-])c2)c1. The number of carbonyl (C=O) groups excluding carboxylic acids is 2. The predicted molar refractivity (Wildman–Crippen MR) is 135 cm³/mol. The molecule has 0 aliphatic carbocycles. The van der Waals surface area contributed by atoms with Crippen LogP contribution in [0.2, 0.25) is 0 Å². The van der Waals surface area contributed by atoms with Crippen molar-refractivity contribution in [3.8, 4) is 5.69 Å². The van der Waals surface area contributed by atoms with Crippen molar-refractivity contribution in [2.45, 2.75) is 13.8 Å². The second kappa shape index (κ2) is 10.1. The van der Waals surface area contributed by atoms with Crippen LogP contribution in [0.1, 0.15) is 32.1 Å². The largest absolute Gasteiger partial charge is 0.322 e. The van der Waals surface area contributed by atoms with E-state index in [0.717, 1.165) is 29.6 Å². The molecule has 0 bridgehead atoms. The Kier molecular flexibility index (Phi) is 6.73. The van der Waals surface area contributed by atoms with E-state index >= 15 is 0 Å². The topological polar surface area (TPSA) is 162 Å². The minimum atomic E-state index is -0.821. The van der Waals surface area contributed by atoms with Gasteiger partial charge in [0.05, 0.1) is 44.2 Å². The summed E-state index contributed by atoms with van der Waals surface area (Å²) in [5.41, 5.74) is 1.75. The predicted octanol–water partition coefficient (Wildman–Crippen LogP) is 4.81. The van der Waals surface area contributed by atoms with Gasteiger partial charge in [0, 0.05) is 23.4 Å². The summed E-state index contributed by atoms with van der Waals surface area (Å²) >= 11 is 0. The molecule has 186 valence electrons. The minimum absolute atomic E-state index is 0.222. The second-order valence-electron chi connectivity index (χ2n) is 8.03. The monoisotopic (exact) mass is 500 g/mol. The van der Waals surface area contributed by atoms with E-state index in [9.17, 15) is 29.8 Å². The van der Waals surface area contributed by atoms with E-state index in [-0.39, 0.29) is 16.8 Å². The molecule has 0 spiro atoms. The van der Waals surface area contributed by atoms with Crippen molar-refractivity contribution in [2.24, 2.45) is 0 Å². The summed E-state index contributed by atoms with van der Waals surface area (Å²) in [5.74, 6) is -1.25. The van der Waals surface area contributed by atoms with E-state index < -0.39 is 33.0 Å². The van der Waals surface area contributed by atoms with Crippen molar-refractivity contribution >= 4 is 34.6 Å². The maximum Gasteiger partial charge on any atom is 0.277 e. The normalized spacial score (nSPS) is 10.5. The first kappa shape index (κ1) is 24.7. The maximum absolute atomic E-state index is 13.0. The number of para-hydroxylation sites is 1. The Morgan fingerprint density at radius 1 is 0.784 bits per heavy atom. The fourth-order valence-electron chi connectivity index (χ4n) is 3.71. The van der Waals surface area contributed by atoms with Crippen LogP contribution < -0.4 is 10.6 Å². The molecule has 12 heteroatoms. The minimum Gasteiger partial charge on any atom is -0.322 e. The van der Waals surface area contributed by atoms with Crippen LogP contribution in [0.25, 0.3) is 5.69 Å². The van der Waals surface area contributed by atoms with Crippen molar-refractivity contribution in [1.29, 1.82) is 0 Å². The fourth-order valence-corrected chi connectivity index (χ4v) is 3.71. The Hall–Kier alpha value is -5.39. The van der Waals surface area contributed by atoms with Gasteiger partial charge in [-0.2, -0.15) is 5.10 Å². The fraction of sp³-hybridized carbons (Fsp3) is 0.0800. The lowest BCUT2D eigenvalue weighted by molar-refractivity contribution is -0.394. The highest BCUT2D eigenvalue weighted by molar-refractivity contribution is 6.08. The highest BCUT2D eigenvalue weighted by Crippen LogP contribution is 2.25. The van der Waals surface area contributed by atoms with Gasteiger partial charge in [-0.15, -0.1) is 0 Å². The van der Waals surface area contributed by atoms with Gasteiger partial charge in [0.15, 0.2) is 0 Å². The molecule has 2 N–H and O–H groups in total. The summed E-state index contributed by atoms with van der Waals surface area (Å²) in [6.45, 7) is 3.61. The Labute approximate surface area is 209 Å². The molecule has 0 atom stereocenters. The smallest absolute Gasteiger partial charge is 0.277 e. The molecule has 1 heterocycles. The number of hydrogen-bond donors (Lipinski definition) is 2. The van der Waals surface area contributed by atoms with Crippen LogP contribution in [-0.4, -0.2) is 31.4 Å². The number of rotatable bonds is 7.